The van der Waals surface area contributed by atoms with Gasteiger partial charge in [0.2, 0.25) is 0 Å². The van der Waals surface area contributed by atoms with Crippen molar-refractivity contribution in [2.75, 3.05) is 25.5 Å². The van der Waals surface area contributed by atoms with Gasteiger partial charge >= 0.3 is 0 Å². The van der Waals surface area contributed by atoms with Gasteiger partial charge < -0.3 is 15.1 Å². The van der Waals surface area contributed by atoms with Crippen molar-refractivity contribution in [2.45, 2.75) is 38.3 Å². The number of thiocarbonyl (C=S) groups is 1. The van der Waals surface area contributed by atoms with Crippen LogP contribution in [0.2, 0.25) is 0 Å². The summed E-state index contributed by atoms with van der Waals surface area (Å²) >= 11 is 11.3. The summed E-state index contributed by atoms with van der Waals surface area (Å²) in [5, 5.41) is 3.38. The highest BCUT2D eigenvalue weighted by molar-refractivity contribution is 7.81. The van der Waals surface area contributed by atoms with Crippen LogP contribution in [-0.2, 0) is 11.3 Å². The second-order valence-corrected chi connectivity index (χ2v) is 8.79. The van der Waals surface area contributed by atoms with E-state index in [-0.39, 0.29) is 11.8 Å². The molecule has 0 aromatic heterocycles. The second-order valence-electron chi connectivity index (χ2n) is 7.86. The second kappa shape index (κ2) is 8.38. The quantitative estimate of drug-likeness (QED) is 0.721. The number of allylic oxidation sites excluding steroid dienone is 3. The predicted molar refractivity (Wildman–Crippen MR) is 119 cm³/mol. The summed E-state index contributed by atoms with van der Waals surface area (Å²) < 4.78 is 0. The summed E-state index contributed by atoms with van der Waals surface area (Å²) in [6.07, 6.45) is 7.23. The molecular weight excluding hydrogens is 406 g/mol. The molecule has 5 nitrogen and oxygen atoms in total. The van der Waals surface area contributed by atoms with Gasteiger partial charge in [0.1, 0.15) is 0 Å². The van der Waals surface area contributed by atoms with Gasteiger partial charge in [-0.3, -0.25) is 9.59 Å². The molecule has 1 aromatic carbocycles. The van der Waals surface area contributed by atoms with Crippen LogP contribution < -0.4 is 5.32 Å². The zero-order chi connectivity index (χ0) is 20.5. The molecule has 1 aliphatic carbocycles. The minimum absolute atomic E-state index is 0.0188. The van der Waals surface area contributed by atoms with Crippen LogP contribution in [0, 0.1) is 0 Å². The van der Waals surface area contributed by atoms with Gasteiger partial charge in [-0.05, 0) is 50.6 Å². The Morgan fingerprint density at radius 2 is 2.21 bits per heavy atom. The number of nitrogens with zero attached hydrogens (tertiary/aromatic N) is 2. The maximum absolute atomic E-state index is 13.1. The van der Waals surface area contributed by atoms with Crippen molar-refractivity contribution < 1.29 is 9.59 Å². The molecule has 1 atom stereocenters. The summed E-state index contributed by atoms with van der Waals surface area (Å²) in [4.78, 5) is 30.6. The third-order valence-corrected chi connectivity index (χ3v) is 6.62. The molecule has 29 heavy (non-hydrogen) atoms. The first-order valence-corrected chi connectivity index (χ1v) is 10.8. The molecule has 0 spiro atoms. The lowest BCUT2D eigenvalue weighted by atomic mass is 10.0. The van der Waals surface area contributed by atoms with Crippen molar-refractivity contribution in [3.8, 4) is 0 Å². The van der Waals surface area contributed by atoms with E-state index in [1.54, 1.807) is 18.2 Å². The van der Waals surface area contributed by atoms with E-state index in [0.717, 1.165) is 25.1 Å². The maximum atomic E-state index is 13.1. The highest BCUT2D eigenvalue weighted by Gasteiger charge is 2.32. The Bertz CT molecular complexity index is 940. The van der Waals surface area contributed by atoms with Crippen LogP contribution in [0.5, 0.6) is 0 Å². The van der Waals surface area contributed by atoms with Crippen LogP contribution in [-0.4, -0.2) is 52.7 Å². The minimum atomic E-state index is -0.325. The summed E-state index contributed by atoms with van der Waals surface area (Å²) in [7, 11) is 2.15. The number of nitrogens with one attached hydrogen (secondary N) is 1. The van der Waals surface area contributed by atoms with Gasteiger partial charge in [-0.25, -0.2) is 0 Å². The number of rotatable bonds is 5. The van der Waals surface area contributed by atoms with Gasteiger partial charge in [-0.2, -0.15) is 0 Å². The van der Waals surface area contributed by atoms with E-state index in [1.807, 2.05) is 17.0 Å². The minimum Gasteiger partial charge on any atom is -0.334 e. The zero-order valence-corrected chi connectivity index (χ0v) is 18.0. The van der Waals surface area contributed by atoms with Crippen LogP contribution in [0.15, 0.2) is 41.0 Å². The highest BCUT2D eigenvalue weighted by Crippen LogP contribution is 2.31. The number of hydrogen-bond acceptors (Lipinski definition) is 4. The van der Waals surface area contributed by atoms with Crippen molar-refractivity contribution in [2.24, 2.45) is 0 Å². The fourth-order valence-corrected chi connectivity index (χ4v) is 4.73. The number of benzene rings is 1. The van der Waals surface area contributed by atoms with E-state index >= 15 is 0 Å². The molecule has 0 bridgehead atoms. The van der Waals surface area contributed by atoms with Crippen LogP contribution in [0.25, 0.3) is 0 Å². The molecule has 1 N–H and O–H groups in total. The van der Waals surface area contributed by atoms with Crippen molar-refractivity contribution in [3.63, 3.8) is 0 Å². The first-order valence-electron chi connectivity index (χ1n) is 9.97. The zero-order valence-electron chi connectivity index (χ0n) is 16.4. The van der Waals surface area contributed by atoms with Crippen molar-refractivity contribution in [1.29, 1.82) is 0 Å². The number of likely N-dealkylation sites (tertiary alicyclic amines) is 1. The van der Waals surface area contributed by atoms with Crippen molar-refractivity contribution in [1.82, 2.24) is 9.80 Å². The Morgan fingerprint density at radius 3 is 2.97 bits per heavy atom. The van der Waals surface area contributed by atoms with Gasteiger partial charge in [0, 0.05) is 35.4 Å². The molecule has 1 fully saturated rings. The molecule has 1 unspecified atom stereocenters. The van der Waals surface area contributed by atoms with Crippen LogP contribution in [0.3, 0.4) is 0 Å². The Kier molecular flexibility index (Phi) is 5.86. The molecule has 0 radical (unpaired) electrons. The molecule has 7 heteroatoms. The fourth-order valence-electron chi connectivity index (χ4n) is 4.31. The number of carbonyl (C=O) groups excluding carboxylic acids is 2. The van der Waals surface area contributed by atoms with Gasteiger partial charge in [-0.15, -0.1) is 0 Å². The number of carbonyl (C=O) groups is 2. The average molecular weight is 430 g/mol. The molecule has 2 heterocycles. The maximum Gasteiger partial charge on any atom is 0.256 e. The summed E-state index contributed by atoms with van der Waals surface area (Å²) in [6.45, 7) is 2.45. The van der Waals surface area contributed by atoms with Gasteiger partial charge in [0.15, 0.2) is 0 Å². The topological polar surface area (TPSA) is 52.6 Å². The lowest BCUT2D eigenvalue weighted by Crippen LogP contribution is -2.32. The SMILES string of the molecule is CN1CCCC1CCN1Cc2cccc(NC(=O)C3=CC(Cl)=CCC3=S)c2C1=O. The first-order chi connectivity index (χ1) is 13.9. The molecule has 1 aromatic rings. The van der Waals surface area contributed by atoms with Gasteiger partial charge in [0.25, 0.3) is 11.8 Å². The van der Waals surface area contributed by atoms with Crippen LogP contribution >= 0.6 is 23.8 Å². The molecule has 2 aliphatic heterocycles. The van der Waals surface area contributed by atoms with Gasteiger partial charge in [-0.1, -0.05) is 42.0 Å². The van der Waals surface area contributed by atoms with E-state index in [0.29, 0.717) is 45.7 Å². The predicted octanol–water partition coefficient (Wildman–Crippen LogP) is 3.89. The Hall–Kier alpha value is -2.02. The molecular formula is C22H24ClN3O2S. The Balaban J connectivity index is 1.48. The molecule has 152 valence electrons. The number of anilines is 1. The molecule has 2 amide bonds. The van der Waals surface area contributed by atoms with Gasteiger partial charge in [0.05, 0.1) is 16.8 Å². The number of halogens is 1. The normalized spacial score (nSPS) is 21.9. The lowest BCUT2D eigenvalue weighted by Gasteiger charge is -2.23. The smallest absolute Gasteiger partial charge is 0.256 e. The van der Waals surface area contributed by atoms with E-state index in [1.165, 1.54) is 12.8 Å². The largest absolute Gasteiger partial charge is 0.334 e. The highest BCUT2D eigenvalue weighted by atomic mass is 35.5. The summed E-state index contributed by atoms with van der Waals surface area (Å²) in [6, 6.07) is 6.14. The third-order valence-electron chi connectivity index (χ3n) is 5.97. The number of fused-ring (bicyclic) bond motifs is 1. The van der Waals surface area contributed by atoms with Crippen LogP contribution in [0.4, 0.5) is 5.69 Å². The average Bonchev–Trinajstić information content (AvgIpc) is 3.25. The molecule has 1 saturated heterocycles. The van der Waals surface area contributed by atoms with E-state index < -0.39 is 0 Å². The summed E-state index contributed by atoms with van der Waals surface area (Å²) in [5.41, 5.74) is 2.46. The van der Waals surface area contributed by atoms with Crippen LogP contribution in [0.1, 0.15) is 41.6 Å². The van der Waals surface area contributed by atoms with Crippen molar-refractivity contribution >= 4 is 46.2 Å². The third kappa shape index (κ3) is 4.15. The van der Waals surface area contributed by atoms with E-state index in [9.17, 15) is 9.59 Å². The Labute approximate surface area is 181 Å². The van der Waals surface area contributed by atoms with E-state index in [4.69, 9.17) is 23.8 Å². The lowest BCUT2D eigenvalue weighted by molar-refractivity contribution is -0.112. The molecule has 3 aliphatic rings. The Morgan fingerprint density at radius 1 is 1.38 bits per heavy atom. The standard InChI is InChI=1S/C22H24ClN3O2S/c1-25-10-3-5-16(25)9-11-26-13-14-4-2-6-18(20(14)22(26)28)24-21(27)17-12-15(23)7-8-19(17)29/h2,4,6-7,12,16H,3,5,8-11,13H2,1H3,(H,24,27). The monoisotopic (exact) mass is 429 g/mol. The molecule has 0 saturated carbocycles. The summed E-state index contributed by atoms with van der Waals surface area (Å²) in [5.74, 6) is -0.344. The van der Waals surface area contributed by atoms with E-state index in [2.05, 4.69) is 17.3 Å². The number of amides is 2. The fraction of sp³-hybridized carbons (Fsp3) is 0.409. The molecule has 4 rings (SSSR count). The van der Waals surface area contributed by atoms with Crippen molar-refractivity contribution in [3.05, 3.63) is 52.1 Å². The first kappa shape index (κ1) is 20.3. The number of hydrogen-bond donors (Lipinski definition) is 1.